The molecule has 1 unspecified atom stereocenters. The molecule has 0 bridgehead atoms. The lowest BCUT2D eigenvalue weighted by Gasteiger charge is -2.15. The first-order chi connectivity index (χ1) is 14.7. The van der Waals surface area contributed by atoms with Crippen LogP contribution in [0.1, 0.15) is 6.42 Å². The summed E-state index contributed by atoms with van der Waals surface area (Å²) in [5, 5.41) is 17.8. The fourth-order valence-electron chi connectivity index (χ4n) is 3.49. The number of anilines is 2. The molecular formula is C22H26N4O4. The van der Waals surface area contributed by atoms with Crippen LogP contribution in [0.25, 0.3) is 22.0 Å². The highest BCUT2D eigenvalue weighted by Gasteiger charge is 2.17. The Morgan fingerprint density at radius 1 is 1.13 bits per heavy atom. The van der Waals surface area contributed by atoms with Gasteiger partial charge in [-0.3, -0.25) is 0 Å². The van der Waals surface area contributed by atoms with Crippen molar-refractivity contribution in [2.45, 2.75) is 12.5 Å². The average Bonchev–Trinajstić information content (AvgIpc) is 3.30. The summed E-state index contributed by atoms with van der Waals surface area (Å²) in [6, 6.07) is 9.88. The molecule has 1 saturated heterocycles. The Kier molecular flexibility index (Phi) is 6.15. The summed E-state index contributed by atoms with van der Waals surface area (Å²) in [4.78, 5) is 9.39. The number of fused-ring (bicyclic) bond motifs is 1. The Morgan fingerprint density at radius 2 is 1.93 bits per heavy atom. The van der Waals surface area contributed by atoms with Gasteiger partial charge in [0.05, 0.1) is 39.2 Å². The van der Waals surface area contributed by atoms with Crippen LogP contribution >= 0.6 is 0 Å². The molecule has 3 aromatic rings. The molecule has 158 valence electrons. The van der Waals surface area contributed by atoms with E-state index in [1.54, 1.807) is 14.2 Å². The maximum atomic E-state index is 9.30. The number of nitrogens with one attached hydrogen (secondary N) is 2. The van der Waals surface area contributed by atoms with Crippen molar-refractivity contribution in [2.75, 3.05) is 51.2 Å². The summed E-state index contributed by atoms with van der Waals surface area (Å²) in [6.45, 7) is 1.86. The predicted molar refractivity (Wildman–Crippen MR) is 117 cm³/mol. The number of aliphatic hydroxyl groups excluding tert-OH is 1. The molecule has 1 aliphatic heterocycles. The smallest absolute Gasteiger partial charge is 0.134 e. The number of nitrogens with zero attached hydrogens (tertiary/aromatic N) is 2. The van der Waals surface area contributed by atoms with Crippen molar-refractivity contribution >= 4 is 22.4 Å². The standard InChI is InChI=1S/C22H26N4O4/c1-28-17-7-14(8-18(10-17)29-2)20-9-15-12-24-21(25-16-3-6-30-13-16)11-19(15)22(26-20)23-4-5-27/h7-12,16,27H,3-6,13H2,1-2H3,(H,23,26)(H,24,25). The van der Waals surface area contributed by atoms with Crippen molar-refractivity contribution in [3.05, 3.63) is 36.5 Å². The number of pyridine rings is 2. The van der Waals surface area contributed by atoms with E-state index in [0.717, 1.165) is 40.9 Å². The molecule has 1 atom stereocenters. The van der Waals surface area contributed by atoms with Gasteiger partial charge >= 0.3 is 0 Å². The number of methoxy groups -OCH3 is 2. The monoisotopic (exact) mass is 410 g/mol. The predicted octanol–water partition coefficient (Wildman–Crippen LogP) is 2.92. The van der Waals surface area contributed by atoms with Gasteiger partial charge in [0, 0.05) is 41.8 Å². The molecule has 2 aromatic heterocycles. The second kappa shape index (κ2) is 9.15. The molecule has 0 saturated carbocycles. The maximum Gasteiger partial charge on any atom is 0.134 e. The Hall–Kier alpha value is -3.10. The number of rotatable bonds is 8. The van der Waals surface area contributed by atoms with Crippen LogP contribution < -0.4 is 20.1 Å². The summed E-state index contributed by atoms with van der Waals surface area (Å²) in [5.41, 5.74) is 1.62. The molecule has 8 nitrogen and oxygen atoms in total. The van der Waals surface area contributed by atoms with Crippen LogP contribution in [-0.4, -0.2) is 61.7 Å². The highest BCUT2D eigenvalue weighted by Crippen LogP contribution is 2.33. The first-order valence-electron chi connectivity index (χ1n) is 9.93. The van der Waals surface area contributed by atoms with Crippen LogP contribution in [0.4, 0.5) is 11.6 Å². The third kappa shape index (κ3) is 4.39. The van der Waals surface area contributed by atoms with Crippen molar-refractivity contribution in [2.24, 2.45) is 0 Å². The van der Waals surface area contributed by atoms with Gasteiger partial charge in [-0.25, -0.2) is 9.97 Å². The molecule has 8 heteroatoms. The Labute approximate surface area is 175 Å². The first-order valence-corrected chi connectivity index (χ1v) is 9.93. The van der Waals surface area contributed by atoms with E-state index in [1.807, 2.05) is 36.5 Å². The number of ether oxygens (including phenoxy) is 3. The zero-order valence-electron chi connectivity index (χ0n) is 17.1. The van der Waals surface area contributed by atoms with E-state index in [4.69, 9.17) is 19.2 Å². The van der Waals surface area contributed by atoms with E-state index in [9.17, 15) is 5.11 Å². The van der Waals surface area contributed by atoms with Gasteiger partial charge in [0.25, 0.3) is 0 Å². The number of hydrogen-bond acceptors (Lipinski definition) is 8. The molecule has 0 spiro atoms. The van der Waals surface area contributed by atoms with E-state index in [-0.39, 0.29) is 12.6 Å². The van der Waals surface area contributed by atoms with Crippen LogP contribution in [0.5, 0.6) is 11.5 Å². The molecule has 1 aromatic carbocycles. The number of benzene rings is 1. The van der Waals surface area contributed by atoms with E-state index < -0.39 is 0 Å². The number of hydrogen-bond donors (Lipinski definition) is 3. The lowest BCUT2D eigenvalue weighted by atomic mass is 10.1. The molecule has 30 heavy (non-hydrogen) atoms. The summed E-state index contributed by atoms with van der Waals surface area (Å²) in [5.74, 6) is 2.84. The third-order valence-corrected chi connectivity index (χ3v) is 5.05. The van der Waals surface area contributed by atoms with Gasteiger partial charge in [-0.2, -0.15) is 0 Å². The summed E-state index contributed by atoms with van der Waals surface area (Å²) in [6.07, 6.45) is 2.80. The van der Waals surface area contributed by atoms with Gasteiger partial charge in [-0.15, -0.1) is 0 Å². The number of aliphatic hydroxyl groups is 1. The highest BCUT2D eigenvalue weighted by atomic mass is 16.5. The molecule has 0 amide bonds. The third-order valence-electron chi connectivity index (χ3n) is 5.05. The van der Waals surface area contributed by atoms with Crippen LogP contribution in [-0.2, 0) is 4.74 Å². The lowest BCUT2D eigenvalue weighted by molar-refractivity contribution is 0.195. The van der Waals surface area contributed by atoms with Crippen molar-refractivity contribution in [1.82, 2.24) is 9.97 Å². The Balaban J connectivity index is 1.76. The van der Waals surface area contributed by atoms with Crippen LogP contribution in [0.15, 0.2) is 36.5 Å². The van der Waals surface area contributed by atoms with Crippen molar-refractivity contribution in [3.8, 4) is 22.8 Å². The molecule has 0 aliphatic carbocycles. The zero-order chi connectivity index (χ0) is 20.9. The normalized spacial score (nSPS) is 15.9. The Morgan fingerprint density at radius 3 is 2.60 bits per heavy atom. The Bertz CT molecular complexity index is 999. The molecule has 1 fully saturated rings. The van der Waals surface area contributed by atoms with Crippen LogP contribution in [0.3, 0.4) is 0 Å². The summed E-state index contributed by atoms with van der Waals surface area (Å²) >= 11 is 0. The van der Waals surface area contributed by atoms with E-state index >= 15 is 0 Å². The minimum Gasteiger partial charge on any atom is -0.497 e. The quantitative estimate of drug-likeness (QED) is 0.522. The van der Waals surface area contributed by atoms with Crippen LogP contribution in [0, 0.1) is 0 Å². The number of aromatic nitrogens is 2. The highest BCUT2D eigenvalue weighted by molar-refractivity contribution is 5.95. The van der Waals surface area contributed by atoms with Crippen molar-refractivity contribution in [1.29, 1.82) is 0 Å². The maximum absolute atomic E-state index is 9.30. The zero-order valence-corrected chi connectivity index (χ0v) is 17.1. The molecular weight excluding hydrogens is 384 g/mol. The van der Waals surface area contributed by atoms with Crippen LogP contribution in [0.2, 0.25) is 0 Å². The fraction of sp³-hybridized carbons (Fsp3) is 0.364. The fourth-order valence-corrected chi connectivity index (χ4v) is 3.49. The largest absolute Gasteiger partial charge is 0.497 e. The van der Waals surface area contributed by atoms with Crippen molar-refractivity contribution in [3.63, 3.8) is 0 Å². The van der Waals surface area contributed by atoms with E-state index in [1.165, 1.54) is 0 Å². The second-order valence-electron chi connectivity index (χ2n) is 7.10. The molecule has 3 heterocycles. The molecule has 4 rings (SSSR count). The van der Waals surface area contributed by atoms with Gasteiger partial charge < -0.3 is 30.0 Å². The minimum atomic E-state index is 0.00991. The average molecular weight is 410 g/mol. The van der Waals surface area contributed by atoms with E-state index in [2.05, 4.69) is 15.6 Å². The van der Waals surface area contributed by atoms with Gasteiger partial charge in [0.2, 0.25) is 0 Å². The second-order valence-corrected chi connectivity index (χ2v) is 7.10. The van der Waals surface area contributed by atoms with Gasteiger partial charge in [-0.1, -0.05) is 0 Å². The lowest BCUT2D eigenvalue weighted by Crippen LogP contribution is -2.19. The van der Waals surface area contributed by atoms with Gasteiger partial charge in [0.1, 0.15) is 23.1 Å². The molecule has 0 radical (unpaired) electrons. The van der Waals surface area contributed by atoms with Gasteiger partial charge in [-0.05, 0) is 30.7 Å². The topological polar surface area (TPSA) is 97.8 Å². The van der Waals surface area contributed by atoms with Gasteiger partial charge in [0.15, 0.2) is 0 Å². The molecule has 1 aliphatic rings. The molecule has 3 N–H and O–H groups in total. The van der Waals surface area contributed by atoms with E-state index in [0.29, 0.717) is 30.5 Å². The minimum absolute atomic E-state index is 0.00991. The van der Waals surface area contributed by atoms with Crippen molar-refractivity contribution < 1.29 is 19.3 Å². The SMILES string of the molecule is COc1cc(OC)cc(-c2cc3cnc(NC4CCOC4)cc3c(NCCO)n2)c1. The summed E-state index contributed by atoms with van der Waals surface area (Å²) < 4.78 is 16.2. The summed E-state index contributed by atoms with van der Waals surface area (Å²) in [7, 11) is 3.24. The first kappa shape index (κ1) is 20.2.